The highest BCUT2D eigenvalue weighted by molar-refractivity contribution is 6.07. The van der Waals surface area contributed by atoms with Gasteiger partial charge in [0.1, 0.15) is 0 Å². The van der Waals surface area contributed by atoms with Crippen molar-refractivity contribution in [2.24, 2.45) is 5.92 Å². The summed E-state index contributed by atoms with van der Waals surface area (Å²) >= 11 is 0. The first-order chi connectivity index (χ1) is 10.3. The van der Waals surface area contributed by atoms with Crippen molar-refractivity contribution in [3.8, 4) is 0 Å². The van der Waals surface area contributed by atoms with Crippen molar-refractivity contribution in [1.29, 1.82) is 0 Å². The van der Waals surface area contributed by atoms with E-state index in [1.54, 1.807) is 24.3 Å². The molecule has 6 heteroatoms. The first kappa shape index (κ1) is 18.0. The summed E-state index contributed by atoms with van der Waals surface area (Å²) in [5, 5.41) is 8.37. The van der Waals surface area contributed by atoms with E-state index in [9.17, 15) is 14.4 Å². The molecule has 0 unspecified atom stereocenters. The molecule has 2 rings (SSSR count). The fourth-order valence-corrected chi connectivity index (χ4v) is 1.84. The molecule has 1 N–H and O–H groups in total. The molecule has 0 radical (unpaired) electrons. The van der Waals surface area contributed by atoms with Crippen LogP contribution < -0.4 is 0 Å². The number of Topliss-reactive ketones (excluding diaryl/α,β-unsaturated/α-hetero) is 2. The number of benzene rings is 1. The molecular formula is C16H20O6. The van der Waals surface area contributed by atoms with Gasteiger partial charge in [0.2, 0.25) is 0 Å². The van der Waals surface area contributed by atoms with Crippen molar-refractivity contribution in [3.63, 3.8) is 0 Å². The monoisotopic (exact) mass is 308 g/mol. The van der Waals surface area contributed by atoms with Gasteiger partial charge in [-0.05, 0) is 13.8 Å². The summed E-state index contributed by atoms with van der Waals surface area (Å²) in [5.41, 5.74) is 1.01. The lowest BCUT2D eigenvalue weighted by Crippen LogP contribution is -2.36. The number of carbonyl (C=O) groups excluding carboxylic acids is 2. The van der Waals surface area contributed by atoms with Crippen LogP contribution in [0.2, 0.25) is 0 Å². The highest BCUT2D eigenvalue weighted by atomic mass is 16.7. The molecule has 0 atom stereocenters. The zero-order valence-electron chi connectivity index (χ0n) is 12.9. The van der Waals surface area contributed by atoms with Crippen LogP contribution in [-0.2, 0) is 14.3 Å². The molecule has 1 aliphatic heterocycles. The van der Waals surface area contributed by atoms with Crippen LogP contribution >= 0.6 is 0 Å². The second kappa shape index (κ2) is 8.41. The molecular weight excluding hydrogens is 288 g/mol. The average Bonchev–Trinajstić information content (AvgIpc) is 2.48. The Morgan fingerprint density at radius 2 is 1.41 bits per heavy atom. The quantitative estimate of drug-likeness (QED) is 0.861. The van der Waals surface area contributed by atoms with Crippen molar-refractivity contribution < 1.29 is 29.0 Å². The van der Waals surface area contributed by atoms with Crippen molar-refractivity contribution in [1.82, 2.24) is 0 Å². The predicted molar refractivity (Wildman–Crippen MR) is 78.9 cm³/mol. The van der Waals surface area contributed by atoms with Crippen LogP contribution in [0, 0.1) is 5.92 Å². The molecule has 1 aromatic rings. The van der Waals surface area contributed by atoms with E-state index in [2.05, 4.69) is 0 Å². The molecule has 0 spiro atoms. The number of hydrogen-bond acceptors (Lipinski definition) is 5. The Kier molecular flexibility index (Phi) is 6.88. The van der Waals surface area contributed by atoms with Gasteiger partial charge < -0.3 is 14.6 Å². The van der Waals surface area contributed by atoms with Crippen LogP contribution in [0.25, 0.3) is 0 Å². The van der Waals surface area contributed by atoms with E-state index >= 15 is 0 Å². The first-order valence-electron chi connectivity index (χ1n) is 6.89. The normalized spacial score (nSPS) is 20.5. The lowest BCUT2D eigenvalue weighted by atomic mass is 10.0. The number of carbonyl (C=O) groups is 3. The van der Waals surface area contributed by atoms with Gasteiger partial charge >= 0.3 is 5.97 Å². The predicted octanol–water partition coefficient (Wildman–Crippen LogP) is 2.17. The number of rotatable bonds is 3. The molecule has 0 aliphatic carbocycles. The Balaban J connectivity index is 0.000000224. The number of carboxylic acids is 1. The number of carboxylic acid groups (broad SMARTS) is 1. The lowest BCUT2D eigenvalue weighted by Gasteiger charge is -2.23. The third-order valence-electron chi connectivity index (χ3n) is 2.95. The number of hydrogen-bond donors (Lipinski definition) is 1. The molecule has 6 nitrogen and oxygen atoms in total. The van der Waals surface area contributed by atoms with Gasteiger partial charge in [0, 0.05) is 17.0 Å². The first-order valence-corrected chi connectivity index (χ1v) is 6.89. The fourth-order valence-electron chi connectivity index (χ4n) is 1.84. The van der Waals surface area contributed by atoms with Gasteiger partial charge in [-0.1, -0.05) is 31.2 Å². The minimum absolute atomic E-state index is 0.0687. The molecule has 1 aliphatic rings. The lowest BCUT2D eigenvalue weighted by molar-refractivity contribution is -0.215. The largest absolute Gasteiger partial charge is 0.477 e. The van der Waals surface area contributed by atoms with E-state index in [1.165, 1.54) is 13.8 Å². The van der Waals surface area contributed by atoms with Crippen LogP contribution in [-0.4, -0.2) is 42.1 Å². The summed E-state index contributed by atoms with van der Waals surface area (Å²) < 4.78 is 9.66. The Labute approximate surface area is 129 Å². The summed E-state index contributed by atoms with van der Waals surface area (Å²) in [4.78, 5) is 32.2. The smallest absolute Gasteiger partial charge is 0.361 e. The van der Waals surface area contributed by atoms with Gasteiger partial charge in [-0.3, -0.25) is 9.59 Å². The summed E-state index contributed by atoms with van der Waals surface area (Å²) in [6.45, 7) is 5.80. The SMILES string of the molecule is CC(=O)c1ccccc1C(C)=O.CC1COC(C(=O)O)OC1. The number of ketones is 2. The van der Waals surface area contributed by atoms with Gasteiger partial charge in [0.15, 0.2) is 11.6 Å². The summed E-state index contributed by atoms with van der Waals surface area (Å²) in [6, 6.07) is 6.84. The molecule has 22 heavy (non-hydrogen) atoms. The zero-order valence-corrected chi connectivity index (χ0v) is 12.9. The molecule has 1 heterocycles. The summed E-state index contributed by atoms with van der Waals surface area (Å²) in [7, 11) is 0. The van der Waals surface area contributed by atoms with Gasteiger partial charge in [0.05, 0.1) is 13.2 Å². The minimum Gasteiger partial charge on any atom is -0.477 e. The van der Waals surface area contributed by atoms with Crippen LogP contribution in [0.4, 0.5) is 0 Å². The van der Waals surface area contributed by atoms with Crippen molar-refractivity contribution >= 4 is 17.5 Å². The van der Waals surface area contributed by atoms with Gasteiger partial charge in [0.25, 0.3) is 6.29 Å². The highest BCUT2D eigenvalue weighted by Crippen LogP contribution is 2.10. The van der Waals surface area contributed by atoms with E-state index in [1.807, 2.05) is 6.92 Å². The maximum Gasteiger partial charge on any atom is 0.361 e. The third kappa shape index (κ3) is 5.38. The molecule has 0 saturated carbocycles. The second-order valence-electron chi connectivity index (χ2n) is 5.10. The summed E-state index contributed by atoms with van der Waals surface area (Å²) in [6.07, 6.45) is -1.05. The van der Waals surface area contributed by atoms with E-state index in [4.69, 9.17) is 14.6 Å². The van der Waals surface area contributed by atoms with E-state index in [0.717, 1.165) is 0 Å². The van der Waals surface area contributed by atoms with Gasteiger partial charge in [-0.25, -0.2) is 4.79 Å². The van der Waals surface area contributed by atoms with Crippen molar-refractivity contribution in [2.75, 3.05) is 13.2 Å². The Hall–Kier alpha value is -2.05. The van der Waals surface area contributed by atoms with Crippen LogP contribution in [0.5, 0.6) is 0 Å². The number of ether oxygens (including phenoxy) is 2. The minimum atomic E-state index is -1.05. The number of aliphatic carboxylic acids is 1. The molecule has 1 saturated heterocycles. The molecule has 120 valence electrons. The summed E-state index contributed by atoms with van der Waals surface area (Å²) in [5.74, 6) is -0.885. The van der Waals surface area contributed by atoms with E-state index in [0.29, 0.717) is 30.3 Å². The highest BCUT2D eigenvalue weighted by Gasteiger charge is 2.24. The van der Waals surface area contributed by atoms with Crippen molar-refractivity contribution in [3.05, 3.63) is 35.4 Å². The topological polar surface area (TPSA) is 89.9 Å². The second-order valence-corrected chi connectivity index (χ2v) is 5.10. The zero-order chi connectivity index (χ0) is 16.7. The molecule has 0 aromatic heterocycles. The third-order valence-corrected chi connectivity index (χ3v) is 2.95. The average molecular weight is 308 g/mol. The van der Waals surface area contributed by atoms with Crippen LogP contribution in [0.15, 0.2) is 24.3 Å². The van der Waals surface area contributed by atoms with Crippen LogP contribution in [0.3, 0.4) is 0 Å². The molecule has 1 fully saturated rings. The van der Waals surface area contributed by atoms with E-state index < -0.39 is 12.3 Å². The Morgan fingerprint density at radius 1 is 1.00 bits per heavy atom. The fraction of sp³-hybridized carbons (Fsp3) is 0.438. The van der Waals surface area contributed by atoms with Gasteiger partial charge in [-0.2, -0.15) is 0 Å². The maximum atomic E-state index is 11.0. The Bertz CT molecular complexity index is 510. The van der Waals surface area contributed by atoms with Crippen LogP contribution in [0.1, 0.15) is 41.5 Å². The molecule has 1 aromatic carbocycles. The maximum absolute atomic E-state index is 11.0. The van der Waals surface area contributed by atoms with E-state index in [-0.39, 0.29) is 11.6 Å². The van der Waals surface area contributed by atoms with Crippen molar-refractivity contribution in [2.45, 2.75) is 27.1 Å². The molecule has 0 bridgehead atoms. The van der Waals surface area contributed by atoms with Gasteiger partial charge in [-0.15, -0.1) is 0 Å². The standard InChI is InChI=1S/C10H10O2.C6H10O4/c1-7(11)9-5-3-4-6-10(9)8(2)12;1-4-2-9-6(5(7)8)10-3-4/h3-6H,1-2H3;4,6H,2-3H2,1H3,(H,7,8). The molecule has 0 amide bonds. The Morgan fingerprint density at radius 3 is 1.73 bits per heavy atom.